The van der Waals surface area contributed by atoms with E-state index < -0.39 is 0 Å². The average Bonchev–Trinajstić information content (AvgIpc) is 2.88. The van der Waals surface area contributed by atoms with Crippen molar-refractivity contribution in [2.75, 3.05) is 19.9 Å². The zero-order valence-electron chi connectivity index (χ0n) is 12.8. The Morgan fingerprint density at radius 3 is 2.71 bits per heavy atom. The molecule has 0 saturated carbocycles. The van der Waals surface area contributed by atoms with Crippen LogP contribution in [0.25, 0.3) is 0 Å². The summed E-state index contributed by atoms with van der Waals surface area (Å²) in [7, 11) is 0. The highest BCUT2D eigenvalue weighted by Crippen LogP contribution is 2.44. The van der Waals surface area contributed by atoms with Gasteiger partial charge in [-0.25, -0.2) is 0 Å². The smallest absolute Gasteiger partial charge is 0.231 e. The van der Waals surface area contributed by atoms with Crippen LogP contribution in [0.2, 0.25) is 5.02 Å². The molecule has 3 fully saturated rings. The number of fused-ring (bicyclic) bond motifs is 4. The van der Waals surface area contributed by atoms with Crippen molar-refractivity contribution >= 4 is 11.6 Å². The Balaban J connectivity index is 1.66. The normalized spacial score (nSPS) is 37.0. The lowest BCUT2D eigenvalue weighted by molar-refractivity contribution is -0.980. The van der Waals surface area contributed by atoms with Gasteiger partial charge in [0, 0.05) is 30.4 Å². The highest BCUT2D eigenvalue weighted by Gasteiger charge is 2.48. The van der Waals surface area contributed by atoms with Crippen LogP contribution >= 0.6 is 11.6 Å². The van der Waals surface area contributed by atoms with Gasteiger partial charge >= 0.3 is 0 Å². The Morgan fingerprint density at radius 1 is 1.24 bits per heavy atom. The highest BCUT2D eigenvalue weighted by molar-refractivity contribution is 6.31. The van der Waals surface area contributed by atoms with Crippen molar-refractivity contribution in [1.82, 2.24) is 0 Å². The second kappa shape index (κ2) is 4.79. The van der Waals surface area contributed by atoms with Gasteiger partial charge in [0.05, 0.1) is 24.2 Å². The van der Waals surface area contributed by atoms with E-state index in [9.17, 15) is 0 Å². The molecule has 0 amide bonds. The van der Waals surface area contributed by atoms with Gasteiger partial charge in [-0.05, 0) is 18.9 Å². The van der Waals surface area contributed by atoms with Crippen LogP contribution < -0.4 is 9.47 Å². The van der Waals surface area contributed by atoms with Crippen molar-refractivity contribution in [3.8, 4) is 11.5 Å². The molecule has 0 N–H and O–H groups in total. The number of hydrogen-bond donors (Lipinski definition) is 0. The molecule has 114 valence electrons. The van der Waals surface area contributed by atoms with Gasteiger partial charge in [0.25, 0.3) is 0 Å². The molecule has 3 nitrogen and oxygen atoms in total. The molecule has 4 heterocycles. The number of hydrogen-bond acceptors (Lipinski definition) is 2. The van der Waals surface area contributed by atoms with E-state index >= 15 is 0 Å². The van der Waals surface area contributed by atoms with Crippen LogP contribution in [0, 0.1) is 11.8 Å². The molecule has 4 heteroatoms. The third-order valence-electron chi connectivity index (χ3n) is 6.01. The summed E-state index contributed by atoms with van der Waals surface area (Å²) in [4.78, 5) is 0. The summed E-state index contributed by atoms with van der Waals surface area (Å²) in [6.07, 6.45) is 2.73. The summed E-state index contributed by atoms with van der Waals surface area (Å²) in [5, 5.41) is 0.819. The Labute approximate surface area is 131 Å². The van der Waals surface area contributed by atoms with Gasteiger partial charge < -0.3 is 14.0 Å². The first-order valence-corrected chi connectivity index (χ1v) is 8.39. The summed E-state index contributed by atoms with van der Waals surface area (Å²) >= 11 is 6.50. The number of benzene rings is 1. The van der Waals surface area contributed by atoms with Crippen molar-refractivity contribution in [3.05, 3.63) is 22.7 Å². The lowest BCUT2D eigenvalue weighted by Crippen LogP contribution is -2.65. The summed E-state index contributed by atoms with van der Waals surface area (Å²) in [6, 6.07) is 4.75. The zero-order chi connectivity index (χ0) is 14.6. The van der Waals surface area contributed by atoms with Gasteiger partial charge in [-0.15, -0.1) is 0 Å². The van der Waals surface area contributed by atoms with Gasteiger partial charge in [0.1, 0.15) is 6.54 Å². The number of nitrogens with zero attached hydrogens (tertiary/aromatic N) is 1. The Morgan fingerprint density at radius 2 is 2.00 bits per heavy atom. The summed E-state index contributed by atoms with van der Waals surface area (Å²) in [5.74, 6) is 3.40. The van der Waals surface area contributed by atoms with Crippen LogP contribution in [-0.2, 0) is 6.54 Å². The number of quaternary nitrogens is 1. The predicted octanol–water partition coefficient (Wildman–Crippen LogP) is 3.83. The molecule has 3 saturated heterocycles. The van der Waals surface area contributed by atoms with Crippen molar-refractivity contribution in [1.29, 1.82) is 0 Å². The first-order chi connectivity index (χ1) is 10.1. The number of halogens is 1. The van der Waals surface area contributed by atoms with E-state index in [1.54, 1.807) is 0 Å². The fourth-order valence-electron chi connectivity index (χ4n) is 4.65. The largest absolute Gasteiger partial charge is 0.454 e. The van der Waals surface area contributed by atoms with E-state index in [2.05, 4.69) is 19.9 Å². The molecule has 1 aromatic rings. The third kappa shape index (κ3) is 2.13. The fourth-order valence-corrected chi connectivity index (χ4v) is 4.87. The molecular formula is C17H23ClNO2+. The molecule has 0 aliphatic carbocycles. The topological polar surface area (TPSA) is 18.5 Å². The maximum atomic E-state index is 6.50. The number of ether oxygens (including phenoxy) is 2. The van der Waals surface area contributed by atoms with Crippen LogP contribution in [0.15, 0.2) is 12.1 Å². The Kier molecular flexibility index (Phi) is 3.13. The molecule has 5 rings (SSSR count). The predicted molar refractivity (Wildman–Crippen MR) is 82.6 cm³/mol. The van der Waals surface area contributed by atoms with Crippen LogP contribution in [0.4, 0.5) is 0 Å². The summed E-state index contributed by atoms with van der Waals surface area (Å²) in [6.45, 7) is 8.75. The van der Waals surface area contributed by atoms with Crippen molar-refractivity contribution < 1.29 is 14.0 Å². The molecule has 0 radical (unpaired) electrons. The minimum atomic E-state index is 0.310. The van der Waals surface area contributed by atoms with Gasteiger partial charge in [-0.3, -0.25) is 0 Å². The summed E-state index contributed by atoms with van der Waals surface area (Å²) in [5.41, 5.74) is 1.21. The minimum Gasteiger partial charge on any atom is -0.454 e. The molecule has 21 heavy (non-hydrogen) atoms. The number of rotatable bonds is 2. The molecule has 0 spiro atoms. The fraction of sp³-hybridized carbons (Fsp3) is 0.647. The first-order valence-electron chi connectivity index (χ1n) is 8.01. The van der Waals surface area contributed by atoms with Crippen LogP contribution in [-0.4, -0.2) is 30.4 Å². The van der Waals surface area contributed by atoms with E-state index in [-0.39, 0.29) is 0 Å². The SMILES string of the molecule is CC1C[N+]2(Cc3cc4c(cc3Cl)OCO4)CCC1CC2C. The van der Waals surface area contributed by atoms with Crippen LogP contribution in [0.3, 0.4) is 0 Å². The van der Waals surface area contributed by atoms with Gasteiger partial charge in [-0.1, -0.05) is 18.5 Å². The van der Waals surface area contributed by atoms with Crippen LogP contribution in [0.1, 0.15) is 32.3 Å². The molecule has 4 aliphatic rings. The van der Waals surface area contributed by atoms with Gasteiger partial charge in [-0.2, -0.15) is 0 Å². The standard InChI is InChI=1S/C17H23ClNO2/c1-11-8-19(4-3-13(11)5-12(19)2)9-14-6-16-17(7-15(14)18)21-10-20-16/h6-7,11-13H,3-5,8-10H2,1-2H3/q+1. The maximum absolute atomic E-state index is 6.50. The molecule has 1 aromatic carbocycles. The lowest BCUT2D eigenvalue weighted by atomic mass is 9.74. The number of piperidine rings is 3. The second-order valence-electron chi connectivity index (χ2n) is 7.19. The van der Waals surface area contributed by atoms with E-state index in [0.717, 1.165) is 40.9 Å². The van der Waals surface area contributed by atoms with E-state index in [1.807, 2.05) is 6.07 Å². The molecule has 0 aromatic heterocycles. The maximum Gasteiger partial charge on any atom is 0.231 e. The Hall–Kier alpha value is -0.930. The molecular weight excluding hydrogens is 286 g/mol. The first kappa shape index (κ1) is 13.7. The average molecular weight is 309 g/mol. The second-order valence-corrected chi connectivity index (χ2v) is 7.60. The molecule has 4 atom stereocenters. The molecule has 2 bridgehead atoms. The van der Waals surface area contributed by atoms with Crippen molar-refractivity contribution in [2.45, 2.75) is 39.3 Å². The third-order valence-corrected chi connectivity index (χ3v) is 6.36. The Bertz CT molecular complexity index is 576. The quantitative estimate of drug-likeness (QED) is 0.773. The van der Waals surface area contributed by atoms with Gasteiger partial charge in [0.15, 0.2) is 11.5 Å². The monoisotopic (exact) mass is 308 g/mol. The van der Waals surface area contributed by atoms with Crippen LogP contribution in [0.5, 0.6) is 11.5 Å². The summed E-state index contributed by atoms with van der Waals surface area (Å²) < 4.78 is 12.1. The van der Waals surface area contributed by atoms with E-state index in [4.69, 9.17) is 21.1 Å². The van der Waals surface area contributed by atoms with Crippen molar-refractivity contribution in [3.63, 3.8) is 0 Å². The van der Waals surface area contributed by atoms with E-state index in [1.165, 1.54) is 36.0 Å². The molecule has 4 unspecified atom stereocenters. The van der Waals surface area contributed by atoms with Gasteiger partial charge in [0.2, 0.25) is 6.79 Å². The minimum absolute atomic E-state index is 0.310. The van der Waals surface area contributed by atoms with Crippen molar-refractivity contribution in [2.24, 2.45) is 11.8 Å². The highest BCUT2D eigenvalue weighted by atomic mass is 35.5. The lowest BCUT2D eigenvalue weighted by Gasteiger charge is -2.56. The molecule has 4 aliphatic heterocycles. The zero-order valence-corrected chi connectivity index (χ0v) is 13.5. The van der Waals surface area contributed by atoms with E-state index in [0.29, 0.717) is 6.79 Å².